The van der Waals surface area contributed by atoms with E-state index in [9.17, 15) is 13.2 Å². The van der Waals surface area contributed by atoms with Crippen molar-refractivity contribution < 1.29 is 13.2 Å². The highest BCUT2D eigenvalue weighted by Crippen LogP contribution is 2.23. The highest BCUT2D eigenvalue weighted by molar-refractivity contribution is 7.91. The minimum Gasteiger partial charge on any atom is -0.369 e. The van der Waals surface area contributed by atoms with E-state index in [0.717, 1.165) is 22.5 Å². The molecule has 1 saturated heterocycles. The average molecular weight is 373 g/mol. The van der Waals surface area contributed by atoms with Gasteiger partial charge in [-0.2, -0.15) is 0 Å². The third-order valence-corrected chi connectivity index (χ3v) is 6.52. The highest BCUT2D eigenvalue weighted by Gasteiger charge is 2.30. The fraction of sp³-hybridized carbons (Fsp3) is 0.368. The van der Waals surface area contributed by atoms with E-state index in [4.69, 9.17) is 0 Å². The van der Waals surface area contributed by atoms with E-state index in [1.807, 2.05) is 44.0 Å². The van der Waals surface area contributed by atoms with Crippen LogP contribution in [-0.2, 0) is 9.84 Å². The van der Waals surface area contributed by atoms with Crippen LogP contribution in [0.15, 0.2) is 36.5 Å². The first-order valence-electron chi connectivity index (χ1n) is 8.53. The van der Waals surface area contributed by atoms with E-state index in [2.05, 4.69) is 10.3 Å². The molecule has 1 aliphatic heterocycles. The van der Waals surface area contributed by atoms with Gasteiger partial charge in [-0.3, -0.25) is 4.79 Å². The summed E-state index contributed by atoms with van der Waals surface area (Å²) in [6, 6.07) is 9.26. The first kappa shape index (κ1) is 18.4. The number of nitrogens with zero attached hydrogens (tertiary/aromatic N) is 2. The minimum absolute atomic E-state index is 0.0447. The molecule has 0 aliphatic carbocycles. The summed E-state index contributed by atoms with van der Waals surface area (Å²) in [5.41, 5.74) is 4.02. The molecule has 1 fully saturated rings. The number of sulfone groups is 1. The van der Waals surface area contributed by atoms with Crippen LogP contribution < -0.4 is 10.2 Å². The Kier molecular flexibility index (Phi) is 5.00. The van der Waals surface area contributed by atoms with E-state index in [0.29, 0.717) is 12.1 Å². The molecule has 1 atom stereocenters. The van der Waals surface area contributed by atoms with E-state index < -0.39 is 9.84 Å². The van der Waals surface area contributed by atoms with Crippen LogP contribution >= 0.6 is 0 Å². The second kappa shape index (κ2) is 7.07. The second-order valence-corrected chi connectivity index (χ2v) is 9.07. The molecule has 1 N–H and O–H groups in total. The van der Waals surface area contributed by atoms with Gasteiger partial charge in [-0.25, -0.2) is 13.4 Å². The van der Waals surface area contributed by atoms with Gasteiger partial charge in [0, 0.05) is 18.8 Å². The summed E-state index contributed by atoms with van der Waals surface area (Å²) < 4.78 is 23.3. The lowest BCUT2D eigenvalue weighted by molar-refractivity contribution is 0.102. The number of hydrogen-bond acceptors (Lipinski definition) is 5. The molecule has 0 radical (unpaired) electrons. The van der Waals surface area contributed by atoms with Crippen molar-refractivity contribution in [3.8, 4) is 0 Å². The van der Waals surface area contributed by atoms with Gasteiger partial charge in [0.05, 0.1) is 23.4 Å². The summed E-state index contributed by atoms with van der Waals surface area (Å²) in [5.74, 6) is 0.124. The maximum Gasteiger partial charge on any atom is 0.274 e. The van der Waals surface area contributed by atoms with Gasteiger partial charge in [-0.05, 0) is 44.0 Å². The molecule has 0 saturated carbocycles. The number of carbonyl (C=O) groups excluding carboxylic acids is 1. The van der Waals surface area contributed by atoms with Crippen LogP contribution in [0.4, 0.5) is 11.4 Å². The van der Waals surface area contributed by atoms with Crippen molar-refractivity contribution in [1.82, 2.24) is 4.98 Å². The van der Waals surface area contributed by atoms with Gasteiger partial charge < -0.3 is 10.2 Å². The largest absolute Gasteiger partial charge is 0.369 e. The number of nitrogens with one attached hydrogen (secondary N) is 1. The normalized spacial score (nSPS) is 18.5. The zero-order valence-corrected chi connectivity index (χ0v) is 16.0. The van der Waals surface area contributed by atoms with Crippen molar-refractivity contribution in [2.24, 2.45) is 0 Å². The fourth-order valence-electron chi connectivity index (χ4n) is 3.16. The van der Waals surface area contributed by atoms with E-state index in [1.54, 1.807) is 18.3 Å². The number of hydrogen-bond donors (Lipinski definition) is 1. The molecule has 0 bridgehead atoms. The lowest BCUT2D eigenvalue weighted by Gasteiger charge is -2.25. The lowest BCUT2D eigenvalue weighted by atomic mass is 10.1. The Labute approximate surface area is 154 Å². The predicted octanol–water partition coefficient (Wildman–Crippen LogP) is 2.57. The molecule has 6 nitrogen and oxygen atoms in total. The van der Waals surface area contributed by atoms with Crippen LogP contribution in [0.5, 0.6) is 0 Å². The van der Waals surface area contributed by atoms with Gasteiger partial charge in [0.25, 0.3) is 5.91 Å². The van der Waals surface area contributed by atoms with Gasteiger partial charge in [0.15, 0.2) is 9.84 Å². The number of pyridine rings is 1. The van der Waals surface area contributed by atoms with Gasteiger partial charge in [0.2, 0.25) is 0 Å². The summed E-state index contributed by atoms with van der Waals surface area (Å²) >= 11 is 0. The maximum atomic E-state index is 12.4. The van der Waals surface area contributed by atoms with Gasteiger partial charge in [-0.15, -0.1) is 0 Å². The summed E-state index contributed by atoms with van der Waals surface area (Å²) in [6.07, 6.45) is 2.23. The van der Waals surface area contributed by atoms with Crippen LogP contribution in [0.3, 0.4) is 0 Å². The molecule has 1 amide bonds. The van der Waals surface area contributed by atoms with Crippen LogP contribution in [0, 0.1) is 13.8 Å². The van der Waals surface area contributed by atoms with Gasteiger partial charge in [-0.1, -0.05) is 17.7 Å². The molecule has 7 heteroatoms. The number of carbonyl (C=O) groups is 1. The molecule has 1 aromatic heterocycles. The van der Waals surface area contributed by atoms with Gasteiger partial charge in [0.1, 0.15) is 5.69 Å². The summed E-state index contributed by atoms with van der Waals surface area (Å²) in [5, 5.41) is 2.87. The molecular weight excluding hydrogens is 350 g/mol. The Morgan fingerprint density at radius 3 is 2.58 bits per heavy atom. The van der Waals surface area contributed by atoms with Gasteiger partial charge >= 0.3 is 0 Å². The molecule has 2 aromatic rings. The minimum atomic E-state index is -2.94. The molecule has 0 spiro atoms. The van der Waals surface area contributed by atoms with E-state index in [-0.39, 0.29) is 23.5 Å². The number of rotatable bonds is 4. The smallest absolute Gasteiger partial charge is 0.274 e. The summed E-state index contributed by atoms with van der Waals surface area (Å²) in [7, 11) is -1.08. The predicted molar refractivity (Wildman–Crippen MR) is 104 cm³/mol. The van der Waals surface area contributed by atoms with Crippen molar-refractivity contribution in [3.05, 3.63) is 53.3 Å². The monoisotopic (exact) mass is 373 g/mol. The van der Waals surface area contributed by atoms with Crippen LogP contribution in [-0.4, -0.2) is 43.9 Å². The zero-order valence-electron chi connectivity index (χ0n) is 15.2. The third kappa shape index (κ3) is 4.04. The molecule has 3 rings (SSSR count). The average Bonchev–Trinajstić information content (AvgIpc) is 2.97. The number of amides is 1. The van der Waals surface area contributed by atoms with Crippen LogP contribution in [0.1, 0.15) is 28.0 Å². The first-order valence-corrected chi connectivity index (χ1v) is 10.4. The van der Waals surface area contributed by atoms with E-state index in [1.165, 1.54) is 0 Å². The number of benzene rings is 1. The van der Waals surface area contributed by atoms with Crippen molar-refractivity contribution in [1.29, 1.82) is 0 Å². The Morgan fingerprint density at radius 2 is 2.00 bits per heavy atom. The van der Waals surface area contributed by atoms with Crippen molar-refractivity contribution in [2.75, 3.05) is 28.8 Å². The Morgan fingerprint density at radius 1 is 1.23 bits per heavy atom. The Hall–Kier alpha value is -2.41. The fourth-order valence-corrected chi connectivity index (χ4v) is 4.94. The number of aryl methyl sites for hydroxylation is 2. The molecule has 138 valence electrons. The Balaban J connectivity index is 1.70. The molecule has 1 aromatic carbocycles. The topological polar surface area (TPSA) is 79.4 Å². The standard InChI is InChI=1S/C19H23N3O3S/c1-13-4-6-17(14(2)10-13)21-19(23)18-7-5-15(11-20-18)22(3)16-8-9-26(24,25)12-16/h4-7,10-11,16H,8-9,12H2,1-3H3,(H,21,23). The molecule has 1 unspecified atom stereocenters. The SMILES string of the molecule is Cc1ccc(NC(=O)c2ccc(N(C)C3CCS(=O)(=O)C3)cn2)c(C)c1. The molecular formula is C19H23N3O3S. The number of anilines is 2. The molecule has 26 heavy (non-hydrogen) atoms. The van der Waals surface area contributed by atoms with Crippen molar-refractivity contribution in [3.63, 3.8) is 0 Å². The third-order valence-electron chi connectivity index (χ3n) is 4.77. The molecule has 2 heterocycles. The Bertz CT molecular complexity index is 924. The van der Waals surface area contributed by atoms with Crippen LogP contribution in [0.25, 0.3) is 0 Å². The first-order chi connectivity index (χ1) is 12.2. The summed E-state index contributed by atoms with van der Waals surface area (Å²) in [4.78, 5) is 18.6. The van der Waals surface area contributed by atoms with Crippen molar-refractivity contribution >= 4 is 27.1 Å². The zero-order chi connectivity index (χ0) is 18.9. The quantitative estimate of drug-likeness (QED) is 0.891. The highest BCUT2D eigenvalue weighted by atomic mass is 32.2. The maximum absolute atomic E-state index is 12.4. The lowest BCUT2D eigenvalue weighted by Crippen LogP contribution is -2.32. The van der Waals surface area contributed by atoms with Crippen molar-refractivity contribution in [2.45, 2.75) is 26.3 Å². The van der Waals surface area contributed by atoms with E-state index >= 15 is 0 Å². The molecule has 1 aliphatic rings. The summed E-state index contributed by atoms with van der Waals surface area (Å²) in [6.45, 7) is 3.95. The number of aromatic nitrogens is 1. The second-order valence-electron chi connectivity index (χ2n) is 6.84. The van der Waals surface area contributed by atoms with Crippen LogP contribution in [0.2, 0.25) is 0 Å².